The zero-order chi connectivity index (χ0) is 25.7. The fourth-order valence-electron chi connectivity index (χ4n) is 3.21. The van der Waals surface area contributed by atoms with Crippen LogP contribution in [0.25, 0.3) is 0 Å². The molecule has 1 N–H and O–H groups in total. The lowest BCUT2D eigenvalue weighted by Gasteiger charge is -2.33. The van der Waals surface area contributed by atoms with E-state index in [0.29, 0.717) is 11.3 Å². The minimum absolute atomic E-state index is 0.00193. The van der Waals surface area contributed by atoms with Crippen molar-refractivity contribution in [1.29, 1.82) is 0 Å². The number of amides is 2. The van der Waals surface area contributed by atoms with Gasteiger partial charge in [-0.3, -0.25) is 13.9 Å². The van der Waals surface area contributed by atoms with Crippen LogP contribution in [0.5, 0.6) is 5.75 Å². The van der Waals surface area contributed by atoms with E-state index in [1.807, 2.05) is 20.8 Å². The van der Waals surface area contributed by atoms with Gasteiger partial charge < -0.3 is 15.0 Å². The van der Waals surface area contributed by atoms with E-state index in [4.69, 9.17) is 4.74 Å². The largest absolute Gasteiger partial charge is 0.497 e. The van der Waals surface area contributed by atoms with Gasteiger partial charge in [0, 0.05) is 12.1 Å². The Morgan fingerprint density at radius 1 is 1.06 bits per heavy atom. The summed E-state index contributed by atoms with van der Waals surface area (Å²) in [7, 11) is -2.33. The van der Waals surface area contributed by atoms with Gasteiger partial charge in [0.1, 0.15) is 24.2 Å². The predicted octanol–water partition coefficient (Wildman–Crippen LogP) is 2.93. The van der Waals surface area contributed by atoms with E-state index < -0.39 is 45.8 Å². The van der Waals surface area contributed by atoms with Gasteiger partial charge in [-0.1, -0.05) is 12.1 Å². The number of carbonyl (C=O) groups excluding carboxylic acids is 2. The average Bonchev–Trinajstić information content (AvgIpc) is 2.74. The van der Waals surface area contributed by atoms with Crippen LogP contribution in [0.1, 0.15) is 33.3 Å². The van der Waals surface area contributed by atoms with Crippen molar-refractivity contribution >= 4 is 27.5 Å². The summed E-state index contributed by atoms with van der Waals surface area (Å²) in [5.41, 5.74) is 0.350. The van der Waals surface area contributed by atoms with Gasteiger partial charge in [0.25, 0.3) is 0 Å². The molecule has 10 heteroatoms. The number of carbonyl (C=O) groups is 2. The molecule has 0 spiro atoms. The normalized spacial score (nSPS) is 12.6. The van der Waals surface area contributed by atoms with Crippen molar-refractivity contribution in [2.75, 3.05) is 24.2 Å². The fourth-order valence-corrected chi connectivity index (χ4v) is 4.05. The number of nitrogens with zero attached hydrogens (tertiary/aromatic N) is 2. The van der Waals surface area contributed by atoms with E-state index in [2.05, 4.69) is 5.32 Å². The second-order valence-electron chi connectivity index (χ2n) is 9.03. The number of hydrogen-bond donors (Lipinski definition) is 1. The molecular formula is C24H32FN3O5S. The number of sulfonamides is 1. The number of halogens is 1. The smallest absolute Gasteiger partial charge is 0.244 e. The zero-order valence-corrected chi connectivity index (χ0v) is 21.1. The summed E-state index contributed by atoms with van der Waals surface area (Å²) in [6.45, 7) is 6.51. The van der Waals surface area contributed by atoms with Gasteiger partial charge in [0.15, 0.2) is 0 Å². The van der Waals surface area contributed by atoms with Crippen molar-refractivity contribution in [1.82, 2.24) is 10.2 Å². The zero-order valence-electron chi connectivity index (χ0n) is 20.3. The van der Waals surface area contributed by atoms with E-state index in [9.17, 15) is 22.4 Å². The molecule has 0 aliphatic rings. The molecule has 34 heavy (non-hydrogen) atoms. The first-order chi connectivity index (χ1) is 15.7. The van der Waals surface area contributed by atoms with Crippen molar-refractivity contribution in [3.05, 3.63) is 59.9 Å². The van der Waals surface area contributed by atoms with Crippen LogP contribution >= 0.6 is 0 Å². The predicted molar refractivity (Wildman–Crippen MR) is 129 cm³/mol. The van der Waals surface area contributed by atoms with Gasteiger partial charge >= 0.3 is 0 Å². The van der Waals surface area contributed by atoms with Crippen LogP contribution in [-0.2, 0) is 26.2 Å². The number of nitrogens with one attached hydrogen (secondary N) is 1. The molecule has 0 aliphatic heterocycles. The Morgan fingerprint density at radius 3 is 2.09 bits per heavy atom. The molecule has 0 bridgehead atoms. The Labute approximate surface area is 200 Å². The van der Waals surface area contributed by atoms with E-state index in [0.717, 1.165) is 10.6 Å². The quantitative estimate of drug-likeness (QED) is 0.580. The Kier molecular flexibility index (Phi) is 8.66. The van der Waals surface area contributed by atoms with Crippen LogP contribution < -0.4 is 14.4 Å². The van der Waals surface area contributed by atoms with Gasteiger partial charge in [0.2, 0.25) is 21.8 Å². The van der Waals surface area contributed by atoms with Crippen LogP contribution in [0.3, 0.4) is 0 Å². The summed E-state index contributed by atoms with van der Waals surface area (Å²) in [5.74, 6) is -0.864. The molecule has 0 heterocycles. The summed E-state index contributed by atoms with van der Waals surface area (Å²) < 4.78 is 44.5. The number of hydrogen-bond acceptors (Lipinski definition) is 5. The van der Waals surface area contributed by atoms with Crippen LogP contribution in [0.4, 0.5) is 10.1 Å². The first-order valence-electron chi connectivity index (χ1n) is 10.7. The lowest BCUT2D eigenvalue weighted by Crippen LogP contribution is -2.54. The SMILES string of the molecule is COc1ccc(N(CC(=O)N(Cc2ccc(F)cc2)[C@H](C)C(=O)NC(C)(C)C)S(C)(=O)=O)cc1. The van der Waals surface area contributed by atoms with Gasteiger partial charge in [-0.2, -0.15) is 0 Å². The highest BCUT2D eigenvalue weighted by atomic mass is 32.2. The standard InChI is InChI=1S/C24H32FN3O5S/c1-17(23(30)26-24(2,3)4)27(15-18-7-9-19(25)10-8-18)22(29)16-28(34(6,31)32)20-11-13-21(33-5)14-12-20/h7-14,17H,15-16H2,1-6H3,(H,26,30)/t17-/m1/s1. The van der Waals surface area contributed by atoms with Crippen molar-refractivity contribution in [2.45, 2.75) is 45.8 Å². The third kappa shape index (κ3) is 7.72. The molecule has 2 rings (SSSR count). The van der Waals surface area contributed by atoms with E-state index in [1.165, 1.54) is 48.4 Å². The van der Waals surface area contributed by atoms with E-state index >= 15 is 0 Å². The number of benzene rings is 2. The molecule has 2 amide bonds. The van der Waals surface area contributed by atoms with Crippen LogP contribution in [0.2, 0.25) is 0 Å². The van der Waals surface area contributed by atoms with Crippen LogP contribution in [0.15, 0.2) is 48.5 Å². The Morgan fingerprint density at radius 2 is 1.62 bits per heavy atom. The van der Waals surface area contributed by atoms with E-state index in [1.54, 1.807) is 19.1 Å². The molecule has 1 atom stereocenters. The van der Waals surface area contributed by atoms with Gasteiger partial charge in [0.05, 0.1) is 19.1 Å². The molecule has 0 radical (unpaired) electrons. The van der Waals surface area contributed by atoms with Crippen LogP contribution in [0, 0.1) is 5.82 Å². The maximum Gasteiger partial charge on any atom is 0.244 e. The molecule has 8 nitrogen and oxygen atoms in total. The molecule has 0 saturated carbocycles. The third-order valence-electron chi connectivity index (χ3n) is 4.97. The number of methoxy groups -OCH3 is 1. The van der Waals surface area contributed by atoms with E-state index in [-0.39, 0.29) is 12.2 Å². The second-order valence-corrected chi connectivity index (χ2v) is 10.9. The highest BCUT2D eigenvalue weighted by Crippen LogP contribution is 2.22. The molecular weight excluding hydrogens is 461 g/mol. The maximum atomic E-state index is 13.4. The molecule has 186 valence electrons. The molecule has 0 saturated heterocycles. The molecule has 0 unspecified atom stereocenters. The molecule has 0 aromatic heterocycles. The summed E-state index contributed by atoms with van der Waals surface area (Å²) in [6, 6.07) is 10.9. The molecule has 0 aliphatic carbocycles. The first-order valence-corrected chi connectivity index (χ1v) is 12.5. The van der Waals surface area contributed by atoms with Gasteiger partial charge in [-0.25, -0.2) is 12.8 Å². The van der Waals surface area contributed by atoms with Gasteiger partial charge in [-0.15, -0.1) is 0 Å². The van der Waals surface area contributed by atoms with Crippen molar-refractivity contribution in [3.8, 4) is 5.75 Å². The monoisotopic (exact) mass is 493 g/mol. The van der Waals surface area contributed by atoms with Crippen LogP contribution in [-0.4, -0.2) is 56.6 Å². The summed E-state index contributed by atoms with van der Waals surface area (Å²) in [4.78, 5) is 27.6. The summed E-state index contributed by atoms with van der Waals surface area (Å²) in [6.07, 6.45) is 1.00. The minimum atomic E-state index is -3.82. The minimum Gasteiger partial charge on any atom is -0.497 e. The lowest BCUT2D eigenvalue weighted by atomic mass is 10.1. The third-order valence-corrected chi connectivity index (χ3v) is 6.11. The molecule has 0 fully saturated rings. The summed E-state index contributed by atoms with van der Waals surface area (Å²) >= 11 is 0. The lowest BCUT2D eigenvalue weighted by molar-refractivity contribution is -0.140. The number of ether oxygens (including phenoxy) is 1. The number of anilines is 1. The van der Waals surface area contributed by atoms with Crippen molar-refractivity contribution in [3.63, 3.8) is 0 Å². The highest BCUT2D eigenvalue weighted by molar-refractivity contribution is 7.92. The Hall–Kier alpha value is -3.14. The van der Waals surface area contributed by atoms with Crippen molar-refractivity contribution < 1.29 is 27.1 Å². The maximum absolute atomic E-state index is 13.4. The number of rotatable bonds is 9. The highest BCUT2D eigenvalue weighted by Gasteiger charge is 2.31. The fraction of sp³-hybridized carbons (Fsp3) is 0.417. The average molecular weight is 494 g/mol. The summed E-state index contributed by atoms with van der Waals surface area (Å²) in [5, 5.41) is 2.84. The first kappa shape index (κ1) is 27.1. The molecule has 2 aromatic carbocycles. The van der Waals surface area contributed by atoms with Crippen molar-refractivity contribution in [2.24, 2.45) is 0 Å². The Balaban J connectivity index is 2.38. The second kappa shape index (κ2) is 10.9. The molecule has 2 aromatic rings. The Bertz CT molecular complexity index is 1100. The van der Waals surface area contributed by atoms with Gasteiger partial charge in [-0.05, 0) is 69.7 Å². The topological polar surface area (TPSA) is 96.0 Å².